The van der Waals surface area contributed by atoms with Crippen LogP contribution in [0, 0.1) is 0 Å². The van der Waals surface area contributed by atoms with Crippen LogP contribution >= 0.6 is 23.4 Å². The summed E-state index contributed by atoms with van der Waals surface area (Å²) in [4.78, 5) is 0. The second-order valence-electron chi connectivity index (χ2n) is 4.79. The van der Waals surface area contributed by atoms with Crippen molar-refractivity contribution in [3.8, 4) is 0 Å². The molecule has 1 aromatic rings. The van der Waals surface area contributed by atoms with Gasteiger partial charge in [0.15, 0.2) is 0 Å². The second kappa shape index (κ2) is 6.12. The van der Waals surface area contributed by atoms with Crippen LogP contribution in [0.5, 0.6) is 0 Å². The lowest BCUT2D eigenvalue weighted by molar-refractivity contribution is 0.534. The Hall–Kier alpha value is -0.180. The molecule has 94 valence electrons. The topological polar surface area (TPSA) is 12.0 Å². The molecule has 1 aromatic carbocycles. The largest absolute Gasteiger partial charge is 0.311 e. The summed E-state index contributed by atoms with van der Waals surface area (Å²) in [5.41, 5.74) is 1.20. The summed E-state index contributed by atoms with van der Waals surface area (Å²) in [7, 11) is 0. The van der Waals surface area contributed by atoms with Crippen molar-refractivity contribution < 1.29 is 0 Å². The monoisotopic (exact) mass is 269 g/mol. The highest BCUT2D eigenvalue weighted by Crippen LogP contribution is 2.39. The van der Waals surface area contributed by atoms with E-state index >= 15 is 0 Å². The lowest BCUT2D eigenvalue weighted by Gasteiger charge is -2.27. The Bertz CT molecular complexity index is 361. The molecule has 1 nitrogen and oxygen atoms in total. The molecule has 3 heteroatoms. The molecule has 0 aromatic heterocycles. The Kier molecular flexibility index (Phi) is 4.78. The lowest BCUT2D eigenvalue weighted by atomic mass is 10.1. The van der Waals surface area contributed by atoms with Crippen molar-refractivity contribution in [2.24, 2.45) is 0 Å². The number of hydrogen-bond donors (Lipinski definition) is 1. The maximum absolute atomic E-state index is 6.14. The van der Waals surface area contributed by atoms with Gasteiger partial charge in [-0.25, -0.2) is 0 Å². The minimum atomic E-state index is 0.473. The molecule has 0 radical (unpaired) electrons. The van der Waals surface area contributed by atoms with E-state index in [1.54, 1.807) is 0 Å². The number of rotatable bonds is 5. The van der Waals surface area contributed by atoms with Gasteiger partial charge in [0.1, 0.15) is 0 Å². The SMILES string of the molecule is CSC1(CNCc2ccccc2Cl)CCCC1. The lowest BCUT2D eigenvalue weighted by Crippen LogP contribution is -2.34. The van der Waals surface area contributed by atoms with Crippen LogP contribution in [0.2, 0.25) is 5.02 Å². The van der Waals surface area contributed by atoms with E-state index < -0.39 is 0 Å². The third kappa shape index (κ3) is 3.40. The smallest absolute Gasteiger partial charge is 0.0450 e. The van der Waals surface area contributed by atoms with E-state index in [0.717, 1.165) is 18.1 Å². The maximum Gasteiger partial charge on any atom is 0.0450 e. The van der Waals surface area contributed by atoms with E-state index in [4.69, 9.17) is 11.6 Å². The summed E-state index contributed by atoms with van der Waals surface area (Å²) >= 11 is 8.17. The fraction of sp³-hybridized carbons (Fsp3) is 0.571. The molecule has 1 aliphatic carbocycles. The fourth-order valence-corrected chi connectivity index (χ4v) is 3.69. The first-order valence-electron chi connectivity index (χ1n) is 6.25. The molecule has 0 heterocycles. The van der Waals surface area contributed by atoms with Crippen molar-refractivity contribution in [2.75, 3.05) is 12.8 Å². The molecule has 0 amide bonds. The summed E-state index contributed by atoms with van der Waals surface area (Å²) in [5, 5.41) is 4.44. The summed E-state index contributed by atoms with van der Waals surface area (Å²) in [6.07, 6.45) is 7.71. The molecule has 17 heavy (non-hydrogen) atoms. The van der Waals surface area contributed by atoms with E-state index in [-0.39, 0.29) is 0 Å². The van der Waals surface area contributed by atoms with E-state index in [1.165, 1.54) is 31.2 Å². The van der Waals surface area contributed by atoms with Crippen LogP contribution in [-0.2, 0) is 6.54 Å². The zero-order valence-corrected chi connectivity index (χ0v) is 11.9. The number of thioether (sulfide) groups is 1. The molecule has 0 bridgehead atoms. The highest BCUT2D eigenvalue weighted by Gasteiger charge is 2.32. The van der Waals surface area contributed by atoms with Gasteiger partial charge in [-0.3, -0.25) is 0 Å². The quantitative estimate of drug-likeness (QED) is 0.864. The first kappa shape index (κ1) is 13.3. The van der Waals surface area contributed by atoms with E-state index in [9.17, 15) is 0 Å². The minimum absolute atomic E-state index is 0.473. The highest BCUT2D eigenvalue weighted by atomic mass is 35.5. The van der Waals surface area contributed by atoms with Gasteiger partial charge in [0.05, 0.1) is 0 Å². The average Bonchev–Trinajstić information content (AvgIpc) is 2.81. The van der Waals surface area contributed by atoms with Crippen LogP contribution in [0.25, 0.3) is 0 Å². The highest BCUT2D eigenvalue weighted by molar-refractivity contribution is 8.00. The molecule has 1 aliphatic rings. The fourth-order valence-electron chi connectivity index (χ4n) is 2.54. The molecule has 1 saturated carbocycles. The Morgan fingerprint density at radius 2 is 2.00 bits per heavy atom. The number of nitrogens with one attached hydrogen (secondary N) is 1. The summed E-state index contributed by atoms with van der Waals surface area (Å²) in [6, 6.07) is 8.07. The van der Waals surface area contributed by atoms with Crippen molar-refractivity contribution in [1.82, 2.24) is 5.32 Å². The first-order chi connectivity index (χ1) is 8.26. The summed E-state index contributed by atoms with van der Waals surface area (Å²) in [6.45, 7) is 1.97. The summed E-state index contributed by atoms with van der Waals surface area (Å²) in [5.74, 6) is 0. The minimum Gasteiger partial charge on any atom is -0.311 e. The van der Waals surface area contributed by atoms with Gasteiger partial charge in [0.25, 0.3) is 0 Å². The Balaban J connectivity index is 1.85. The molecule has 0 unspecified atom stereocenters. The van der Waals surface area contributed by atoms with Crippen molar-refractivity contribution in [2.45, 2.75) is 37.0 Å². The van der Waals surface area contributed by atoms with Gasteiger partial charge >= 0.3 is 0 Å². The third-order valence-corrected chi connectivity index (χ3v) is 5.46. The Morgan fingerprint density at radius 1 is 1.29 bits per heavy atom. The molecular weight excluding hydrogens is 250 g/mol. The van der Waals surface area contributed by atoms with Crippen LogP contribution in [0.4, 0.5) is 0 Å². The number of benzene rings is 1. The van der Waals surface area contributed by atoms with Gasteiger partial charge in [-0.15, -0.1) is 0 Å². The Morgan fingerprint density at radius 3 is 2.65 bits per heavy atom. The van der Waals surface area contributed by atoms with Crippen molar-refractivity contribution >= 4 is 23.4 Å². The first-order valence-corrected chi connectivity index (χ1v) is 7.85. The zero-order chi connectivity index (χ0) is 12.1. The van der Waals surface area contributed by atoms with Crippen molar-refractivity contribution in [1.29, 1.82) is 0 Å². The van der Waals surface area contributed by atoms with Crippen LogP contribution in [0.15, 0.2) is 24.3 Å². The standard InChI is InChI=1S/C14H20ClNS/c1-17-14(8-4-5-9-14)11-16-10-12-6-2-3-7-13(12)15/h2-3,6-7,16H,4-5,8-11H2,1H3. The van der Waals surface area contributed by atoms with Gasteiger partial charge in [-0.1, -0.05) is 42.6 Å². The third-order valence-electron chi connectivity index (χ3n) is 3.67. The summed E-state index contributed by atoms with van der Waals surface area (Å²) < 4.78 is 0.473. The second-order valence-corrected chi connectivity index (χ2v) is 6.47. The molecule has 1 N–H and O–H groups in total. The molecule has 0 saturated heterocycles. The molecule has 2 rings (SSSR count). The zero-order valence-electron chi connectivity index (χ0n) is 10.3. The van der Waals surface area contributed by atoms with Crippen LogP contribution in [-0.4, -0.2) is 17.5 Å². The van der Waals surface area contributed by atoms with Crippen LogP contribution in [0.1, 0.15) is 31.2 Å². The number of hydrogen-bond acceptors (Lipinski definition) is 2. The molecular formula is C14H20ClNS. The predicted molar refractivity (Wildman–Crippen MR) is 77.9 cm³/mol. The molecule has 0 aliphatic heterocycles. The Labute approximate surface area is 113 Å². The molecule has 0 atom stereocenters. The van der Waals surface area contributed by atoms with Gasteiger partial charge < -0.3 is 5.32 Å². The molecule has 0 spiro atoms. The molecule has 1 fully saturated rings. The van der Waals surface area contributed by atoms with E-state index in [1.807, 2.05) is 30.0 Å². The number of halogens is 1. The normalized spacial score (nSPS) is 18.5. The van der Waals surface area contributed by atoms with Gasteiger partial charge in [-0.2, -0.15) is 11.8 Å². The predicted octanol–water partition coefficient (Wildman–Crippen LogP) is 4.11. The van der Waals surface area contributed by atoms with Gasteiger partial charge in [-0.05, 0) is 30.7 Å². The van der Waals surface area contributed by atoms with Gasteiger partial charge in [0.2, 0.25) is 0 Å². The van der Waals surface area contributed by atoms with Crippen LogP contribution in [0.3, 0.4) is 0 Å². The van der Waals surface area contributed by atoms with Crippen molar-refractivity contribution in [3.63, 3.8) is 0 Å². The van der Waals surface area contributed by atoms with E-state index in [0.29, 0.717) is 4.75 Å². The average molecular weight is 270 g/mol. The van der Waals surface area contributed by atoms with Crippen LogP contribution < -0.4 is 5.32 Å². The van der Waals surface area contributed by atoms with E-state index in [2.05, 4.69) is 17.6 Å². The van der Waals surface area contributed by atoms with Gasteiger partial charge in [0, 0.05) is 22.9 Å². The van der Waals surface area contributed by atoms with Crippen molar-refractivity contribution in [3.05, 3.63) is 34.9 Å². The maximum atomic E-state index is 6.14.